The normalized spacial score (nSPS) is 12.6. The smallest absolute Gasteiger partial charge is 0.278 e. The molecular weight excluding hydrogens is 380 g/mol. The Kier molecular flexibility index (Phi) is 8.12. The van der Waals surface area contributed by atoms with E-state index in [1.807, 2.05) is 58.2 Å². The summed E-state index contributed by atoms with van der Waals surface area (Å²) in [6, 6.07) is 12.8. The fourth-order valence-electron chi connectivity index (χ4n) is 3.13. The second kappa shape index (κ2) is 10.5. The molecule has 2 aromatic rings. The lowest BCUT2D eigenvalue weighted by molar-refractivity contribution is -0.908. The number of aryl methyl sites for hydroxylation is 2. The number of carbonyl (C=O) groups excluding carboxylic acids is 3. The van der Waals surface area contributed by atoms with Crippen molar-refractivity contribution in [2.75, 3.05) is 26.0 Å². The number of quaternary nitrogens is 1. The molecule has 0 saturated carbocycles. The maximum absolute atomic E-state index is 12.5. The number of benzene rings is 2. The van der Waals surface area contributed by atoms with Crippen LogP contribution in [-0.2, 0) is 16.1 Å². The lowest BCUT2D eigenvalue weighted by Crippen LogP contribution is -3.12. The molecule has 2 atom stereocenters. The van der Waals surface area contributed by atoms with Crippen LogP contribution >= 0.6 is 0 Å². The number of para-hydroxylation sites is 1. The third-order valence-electron chi connectivity index (χ3n) is 5.23. The second-order valence-corrected chi connectivity index (χ2v) is 7.55. The van der Waals surface area contributed by atoms with Gasteiger partial charge < -0.3 is 20.9 Å². The van der Waals surface area contributed by atoms with Gasteiger partial charge in [-0.25, -0.2) is 0 Å². The highest BCUT2D eigenvalue weighted by Crippen LogP contribution is 2.18. The van der Waals surface area contributed by atoms with Gasteiger partial charge in [-0.15, -0.1) is 0 Å². The number of anilines is 1. The quantitative estimate of drug-likeness (QED) is 0.518. The fraction of sp³-hybridized carbons (Fsp3) is 0.348. The highest BCUT2D eigenvalue weighted by Gasteiger charge is 2.22. The number of carbonyl (C=O) groups is 3. The van der Waals surface area contributed by atoms with Gasteiger partial charge in [0.2, 0.25) is 5.91 Å². The molecule has 0 aliphatic heterocycles. The molecule has 0 radical (unpaired) electrons. The molecule has 0 bridgehead atoms. The van der Waals surface area contributed by atoms with Crippen LogP contribution in [-0.4, -0.2) is 44.4 Å². The van der Waals surface area contributed by atoms with Crippen LogP contribution in [0.2, 0.25) is 0 Å². The van der Waals surface area contributed by atoms with Crippen LogP contribution in [0.15, 0.2) is 42.5 Å². The Morgan fingerprint density at radius 2 is 1.60 bits per heavy atom. The average molecular weight is 412 g/mol. The first-order valence-electron chi connectivity index (χ1n) is 10.00. The van der Waals surface area contributed by atoms with E-state index in [0.29, 0.717) is 12.1 Å². The number of rotatable bonds is 8. The molecule has 2 rings (SSSR count). The van der Waals surface area contributed by atoms with E-state index < -0.39 is 0 Å². The topological polar surface area (TPSA) is 91.7 Å². The molecule has 7 heteroatoms. The maximum Gasteiger partial charge on any atom is 0.278 e. The van der Waals surface area contributed by atoms with Gasteiger partial charge in [-0.2, -0.15) is 0 Å². The molecule has 0 fully saturated rings. The lowest BCUT2D eigenvalue weighted by atomic mass is 10.1. The largest absolute Gasteiger partial charge is 0.355 e. The molecule has 0 saturated heterocycles. The first-order chi connectivity index (χ1) is 14.2. The molecule has 1 unspecified atom stereocenters. The van der Waals surface area contributed by atoms with Gasteiger partial charge in [-0.1, -0.05) is 30.3 Å². The van der Waals surface area contributed by atoms with Gasteiger partial charge in [0.1, 0.15) is 6.54 Å². The van der Waals surface area contributed by atoms with Crippen LogP contribution in [0.25, 0.3) is 0 Å². The van der Waals surface area contributed by atoms with E-state index >= 15 is 0 Å². The van der Waals surface area contributed by atoms with Crippen LogP contribution in [0.1, 0.15) is 34.0 Å². The maximum atomic E-state index is 12.5. The summed E-state index contributed by atoms with van der Waals surface area (Å²) in [6.45, 7) is 6.24. The summed E-state index contributed by atoms with van der Waals surface area (Å²) in [4.78, 5) is 37.3. The van der Waals surface area contributed by atoms with Crippen LogP contribution in [0, 0.1) is 13.8 Å². The third-order valence-corrected chi connectivity index (χ3v) is 5.23. The van der Waals surface area contributed by atoms with Crippen molar-refractivity contribution in [2.24, 2.45) is 0 Å². The van der Waals surface area contributed by atoms with Gasteiger partial charge >= 0.3 is 0 Å². The standard InChI is InChI=1S/C23H30N4O3/c1-15-7-6-8-16(2)21(15)26-20(28)13-25-22(29)17(3)27(5)14-18-9-11-19(12-10-18)23(30)24-4/h6-12,17H,13-14H2,1-5H3,(H,24,30)(H,25,29)(H,26,28)/p+1/t17-/m0/s1. The molecule has 0 spiro atoms. The Labute approximate surface area is 177 Å². The third kappa shape index (κ3) is 6.15. The first kappa shape index (κ1) is 23.1. The molecule has 7 nitrogen and oxygen atoms in total. The molecule has 0 heterocycles. The molecule has 0 aromatic heterocycles. The van der Waals surface area contributed by atoms with Crippen molar-refractivity contribution in [2.45, 2.75) is 33.4 Å². The van der Waals surface area contributed by atoms with Crippen LogP contribution in [0.3, 0.4) is 0 Å². The molecule has 2 aromatic carbocycles. The van der Waals surface area contributed by atoms with E-state index in [0.717, 1.165) is 27.3 Å². The van der Waals surface area contributed by atoms with Gasteiger partial charge in [0.05, 0.1) is 13.6 Å². The van der Waals surface area contributed by atoms with Gasteiger partial charge in [0, 0.05) is 23.9 Å². The molecular formula is C23H31N4O3+. The summed E-state index contributed by atoms with van der Waals surface area (Å²) in [5.74, 6) is -0.573. The summed E-state index contributed by atoms with van der Waals surface area (Å²) in [5.41, 5.74) is 4.37. The van der Waals surface area contributed by atoms with Gasteiger partial charge in [-0.3, -0.25) is 14.4 Å². The molecule has 4 N–H and O–H groups in total. The van der Waals surface area contributed by atoms with Crippen molar-refractivity contribution in [3.63, 3.8) is 0 Å². The Hall–Kier alpha value is -3.19. The molecule has 0 aliphatic rings. The number of hydrogen-bond acceptors (Lipinski definition) is 3. The second-order valence-electron chi connectivity index (χ2n) is 7.55. The Morgan fingerprint density at radius 1 is 1.00 bits per heavy atom. The number of likely N-dealkylation sites (N-methyl/N-ethyl adjacent to an activating group) is 1. The Balaban J connectivity index is 1.86. The van der Waals surface area contributed by atoms with E-state index in [2.05, 4.69) is 16.0 Å². The van der Waals surface area contributed by atoms with E-state index in [9.17, 15) is 14.4 Å². The molecule has 0 aliphatic carbocycles. The fourth-order valence-corrected chi connectivity index (χ4v) is 3.13. The Bertz CT molecular complexity index is 889. The van der Waals surface area contributed by atoms with E-state index in [-0.39, 0.29) is 30.3 Å². The number of hydrogen-bond donors (Lipinski definition) is 4. The summed E-state index contributed by atoms with van der Waals surface area (Å²) in [5, 5.41) is 8.17. The summed E-state index contributed by atoms with van der Waals surface area (Å²) in [7, 11) is 3.52. The van der Waals surface area contributed by atoms with Crippen molar-refractivity contribution in [3.8, 4) is 0 Å². The summed E-state index contributed by atoms with van der Waals surface area (Å²) in [6.07, 6.45) is 0. The Morgan fingerprint density at radius 3 is 2.17 bits per heavy atom. The lowest BCUT2D eigenvalue weighted by Gasteiger charge is -2.21. The van der Waals surface area contributed by atoms with Crippen molar-refractivity contribution >= 4 is 23.4 Å². The van der Waals surface area contributed by atoms with E-state index in [1.165, 1.54) is 0 Å². The van der Waals surface area contributed by atoms with Crippen LogP contribution in [0.4, 0.5) is 5.69 Å². The molecule has 160 valence electrons. The summed E-state index contributed by atoms with van der Waals surface area (Å²) < 4.78 is 0. The zero-order valence-electron chi connectivity index (χ0n) is 18.3. The zero-order chi connectivity index (χ0) is 22.3. The van der Waals surface area contributed by atoms with Crippen molar-refractivity contribution < 1.29 is 19.3 Å². The molecule has 3 amide bonds. The highest BCUT2D eigenvalue weighted by atomic mass is 16.2. The first-order valence-corrected chi connectivity index (χ1v) is 10.00. The minimum atomic E-state index is -0.336. The van der Waals surface area contributed by atoms with Crippen LogP contribution in [0.5, 0.6) is 0 Å². The SMILES string of the molecule is CNC(=O)c1ccc(C[NH+](C)[C@@H](C)C(=O)NCC(=O)Nc2c(C)cccc2C)cc1. The van der Waals surface area contributed by atoms with E-state index in [1.54, 1.807) is 19.2 Å². The van der Waals surface area contributed by atoms with Crippen molar-refractivity contribution in [1.29, 1.82) is 0 Å². The minimum absolute atomic E-state index is 0.0783. The van der Waals surface area contributed by atoms with Crippen molar-refractivity contribution in [1.82, 2.24) is 10.6 Å². The number of amides is 3. The van der Waals surface area contributed by atoms with E-state index in [4.69, 9.17) is 0 Å². The van der Waals surface area contributed by atoms with Crippen molar-refractivity contribution in [3.05, 3.63) is 64.7 Å². The van der Waals surface area contributed by atoms with Gasteiger partial charge in [0.25, 0.3) is 11.8 Å². The predicted molar refractivity (Wildman–Crippen MR) is 117 cm³/mol. The monoisotopic (exact) mass is 411 g/mol. The van der Waals surface area contributed by atoms with Gasteiger partial charge in [-0.05, 0) is 44.0 Å². The predicted octanol–water partition coefficient (Wildman–Crippen LogP) is 0.821. The highest BCUT2D eigenvalue weighted by molar-refractivity contribution is 5.96. The summed E-state index contributed by atoms with van der Waals surface area (Å²) >= 11 is 0. The average Bonchev–Trinajstić information content (AvgIpc) is 2.74. The zero-order valence-corrected chi connectivity index (χ0v) is 18.3. The van der Waals surface area contributed by atoms with Crippen LogP contribution < -0.4 is 20.9 Å². The minimum Gasteiger partial charge on any atom is -0.355 e. The number of nitrogens with one attached hydrogen (secondary N) is 4. The molecule has 30 heavy (non-hydrogen) atoms. The van der Waals surface area contributed by atoms with Gasteiger partial charge in [0.15, 0.2) is 6.04 Å².